The summed E-state index contributed by atoms with van der Waals surface area (Å²) in [5.74, 6) is -0.716. The van der Waals surface area contributed by atoms with E-state index in [0.717, 1.165) is 16.8 Å². The summed E-state index contributed by atoms with van der Waals surface area (Å²) < 4.78 is 6.48. The van der Waals surface area contributed by atoms with E-state index < -0.39 is 5.97 Å². The lowest BCUT2D eigenvalue weighted by atomic mass is 10.1. The van der Waals surface area contributed by atoms with Gasteiger partial charge in [-0.25, -0.2) is 4.98 Å². The van der Waals surface area contributed by atoms with Gasteiger partial charge in [-0.2, -0.15) is 5.10 Å². The number of esters is 1. The number of methoxy groups -OCH3 is 1. The van der Waals surface area contributed by atoms with Gasteiger partial charge < -0.3 is 9.64 Å². The maximum absolute atomic E-state index is 13.5. The standard InChI is InChI=1S/C21H24N4O3/c1-13-8-6-7-9-16(13)11-25(12-18(26)28-5)21(27)17-10-14(2)22-20-19(17)15(3)23-24(20)4/h6-10H,11-12H2,1-5H3. The second-order valence-corrected chi connectivity index (χ2v) is 6.88. The predicted octanol–water partition coefficient (Wildman–Crippen LogP) is 2.71. The molecule has 2 aromatic heterocycles. The monoisotopic (exact) mass is 380 g/mol. The Balaban J connectivity index is 2.08. The van der Waals surface area contributed by atoms with Crippen molar-refractivity contribution < 1.29 is 14.3 Å². The molecular formula is C21H24N4O3. The summed E-state index contributed by atoms with van der Waals surface area (Å²) in [6, 6.07) is 9.55. The number of fused-ring (bicyclic) bond motifs is 1. The quantitative estimate of drug-likeness (QED) is 0.636. The third-order valence-electron chi connectivity index (χ3n) is 4.78. The number of aromatic nitrogens is 3. The van der Waals surface area contributed by atoms with E-state index in [1.54, 1.807) is 17.8 Å². The SMILES string of the molecule is COC(=O)CN(Cc1ccccc1C)C(=O)c1cc(C)nc2c1c(C)nn2C. The summed E-state index contributed by atoms with van der Waals surface area (Å²) in [6.07, 6.45) is 0. The number of hydrogen-bond donors (Lipinski definition) is 0. The first-order valence-electron chi connectivity index (χ1n) is 9.03. The zero-order valence-electron chi connectivity index (χ0n) is 16.8. The molecule has 2 heterocycles. The summed E-state index contributed by atoms with van der Waals surface area (Å²) in [5, 5.41) is 5.11. The summed E-state index contributed by atoms with van der Waals surface area (Å²) in [5.41, 5.74) is 4.61. The number of ether oxygens (including phenoxy) is 1. The average Bonchev–Trinajstić information content (AvgIpc) is 2.95. The highest BCUT2D eigenvalue weighted by atomic mass is 16.5. The van der Waals surface area contributed by atoms with Crippen molar-refractivity contribution in [1.82, 2.24) is 19.7 Å². The van der Waals surface area contributed by atoms with Gasteiger partial charge in [0, 0.05) is 19.3 Å². The molecule has 7 nitrogen and oxygen atoms in total. The minimum Gasteiger partial charge on any atom is -0.468 e. The number of aryl methyl sites for hydroxylation is 4. The summed E-state index contributed by atoms with van der Waals surface area (Å²) >= 11 is 0. The van der Waals surface area contributed by atoms with Crippen LogP contribution in [-0.2, 0) is 23.1 Å². The van der Waals surface area contributed by atoms with Gasteiger partial charge in [-0.1, -0.05) is 24.3 Å². The Morgan fingerprint density at radius 2 is 1.89 bits per heavy atom. The molecule has 0 bridgehead atoms. The second-order valence-electron chi connectivity index (χ2n) is 6.88. The molecule has 1 aromatic carbocycles. The van der Waals surface area contributed by atoms with Crippen LogP contribution in [0.2, 0.25) is 0 Å². The van der Waals surface area contributed by atoms with Crippen molar-refractivity contribution in [3.8, 4) is 0 Å². The maximum atomic E-state index is 13.5. The molecule has 1 amide bonds. The van der Waals surface area contributed by atoms with Crippen LogP contribution < -0.4 is 0 Å². The molecule has 3 aromatic rings. The topological polar surface area (TPSA) is 77.3 Å². The first-order chi connectivity index (χ1) is 13.3. The van der Waals surface area contributed by atoms with Crippen LogP contribution in [0.25, 0.3) is 11.0 Å². The number of carbonyl (C=O) groups excluding carboxylic acids is 2. The van der Waals surface area contributed by atoms with Gasteiger partial charge in [0.25, 0.3) is 5.91 Å². The van der Waals surface area contributed by atoms with E-state index in [0.29, 0.717) is 28.8 Å². The van der Waals surface area contributed by atoms with Crippen molar-refractivity contribution in [2.75, 3.05) is 13.7 Å². The Morgan fingerprint density at radius 3 is 2.57 bits per heavy atom. The fraction of sp³-hybridized carbons (Fsp3) is 0.333. The van der Waals surface area contributed by atoms with Gasteiger partial charge in [0.05, 0.1) is 23.8 Å². The normalized spacial score (nSPS) is 10.9. The number of amides is 1. The minimum atomic E-state index is -0.466. The van der Waals surface area contributed by atoms with Crippen LogP contribution in [0.15, 0.2) is 30.3 Å². The van der Waals surface area contributed by atoms with Crippen molar-refractivity contribution in [2.24, 2.45) is 7.05 Å². The van der Waals surface area contributed by atoms with E-state index in [4.69, 9.17) is 4.74 Å². The number of pyridine rings is 1. The lowest BCUT2D eigenvalue weighted by molar-refractivity contribution is -0.141. The van der Waals surface area contributed by atoms with Crippen LogP contribution in [0.1, 0.15) is 32.9 Å². The van der Waals surface area contributed by atoms with E-state index in [2.05, 4.69) is 10.1 Å². The highest BCUT2D eigenvalue weighted by Crippen LogP contribution is 2.24. The molecule has 0 saturated carbocycles. The molecule has 0 unspecified atom stereocenters. The van der Waals surface area contributed by atoms with Gasteiger partial charge in [0.15, 0.2) is 5.65 Å². The Morgan fingerprint density at radius 1 is 1.18 bits per heavy atom. The molecule has 3 rings (SSSR count). The van der Waals surface area contributed by atoms with Crippen LogP contribution >= 0.6 is 0 Å². The third kappa shape index (κ3) is 3.74. The van der Waals surface area contributed by atoms with Gasteiger partial charge >= 0.3 is 5.97 Å². The molecule has 28 heavy (non-hydrogen) atoms. The molecule has 0 N–H and O–H groups in total. The van der Waals surface area contributed by atoms with Crippen molar-refractivity contribution in [2.45, 2.75) is 27.3 Å². The van der Waals surface area contributed by atoms with Crippen molar-refractivity contribution in [1.29, 1.82) is 0 Å². The largest absolute Gasteiger partial charge is 0.468 e. The Kier molecular flexibility index (Phi) is 5.44. The lowest BCUT2D eigenvalue weighted by Crippen LogP contribution is -2.36. The Hall–Kier alpha value is -3.22. The van der Waals surface area contributed by atoms with Crippen LogP contribution in [0, 0.1) is 20.8 Å². The maximum Gasteiger partial charge on any atom is 0.325 e. The number of hydrogen-bond acceptors (Lipinski definition) is 5. The van der Waals surface area contributed by atoms with Gasteiger partial charge in [-0.05, 0) is 38.0 Å². The zero-order valence-corrected chi connectivity index (χ0v) is 16.8. The van der Waals surface area contributed by atoms with E-state index in [9.17, 15) is 9.59 Å². The van der Waals surface area contributed by atoms with Gasteiger partial charge in [0.1, 0.15) is 6.54 Å². The van der Waals surface area contributed by atoms with Crippen molar-refractivity contribution in [3.05, 3.63) is 58.4 Å². The summed E-state index contributed by atoms with van der Waals surface area (Å²) in [4.78, 5) is 31.5. The molecular weight excluding hydrogens is 356 g/mol. The number of nitrogens with zero attached hydrogens (tertiary/aromatic N) is 4. The van der Waals surface area contributed by atoms with E-state index >= 15 is 0 Å². The molecule has 0 saturated heterocycles. The highest BCUT2D eigenvalue weighted by molar-refractivity contribution is 6.07. The fourth-order valence-electron chi connectivity index (χ4n) is 3.32. The number of benzene rings is 1. The van der Waals surface area contributed by atoms with Gasteiger partial charge in [0.2, 0.25) is 0 Å². The summed E-state index contributed by atoms with van der Waals surface area (Å²) in [7, 11) is 3.12. The molecule has 0 atom stereocenters. The molecule has 7 heteroatoms. The van der Waals surface area contributed by atoms with Crippen LogP contribution in [-0.4, -0.2) is 45.2 Å². The molecule has 0 aliphatic rings. The number of rotatable bonds is 5. The van der Waals surface area contributed by atoms with Crippen molar-refractivity contribution >= 4 is 22.9 Å². The minimum absolute atomic E-state index is 0.133. The fourth-order valence-corrected chi connectivity index (χ4v) is 3.32. The molecule has 0 fully saturated rings. The first kappa shape index (κ1) is 19.5. The Bertz CT molecular complexity index is 1060. The molecule has 0 radical (unpaired) electrons. The van der Waals surface area contributed by atoms with Crippen LogP contribution in [0.4, 0.5) is 0 Å². The summed E-state index contributed by atoms with van der Waals surface area (Å²) in [6.45, 7) is 5.84. The Labute approximate surface area is 163 Å². The lowest BCUT2D eigenvalue weighted by Gasteiger charge is -2.23. The van der Waals surface area contributed by atoms with E-state index in [1.165, 1.54) is 12.0 Å². The van der Waals surface area contributed by atoms with Gasteiger partial charge in [-0.15, -0.1) is 0 Å². The second kappa shape index (κ2) is 7.80. The first-order valence-corrected chi connectivity index (χ1v) is 9.03. The molecule has 0 aliphatic carbocycles. The molecule has 0 aliphatic heterocycles. The zero-order chi connectivity index (χ0) is 20.4. The van der Waals surface area contributed by atoms with Gasteiger partial charge in [-0.3, -0.25) is 14.3 Å². The highest BCUT2D eigenvalue weighted by Gasteiger charge is 2.25. The van der Waals surface area contributed by atoms with E-state index in [-0.39, 0.29) is 12.5 Å². The van der Waals surface area contributed by atoms with Crippen LogP contribution in [0.5, 0.6) is 0 Å². The molecule has 146 valence electrons. The van der Waals surface area contributed by atoms with Crippen LogP contribution in [0.3, 0.4) is 0 Å². The smallest absolute Gasteiger partial charge is 0.325 e. The number of carbonyl (C=O) groups is 2. The predicted molar refractivity (Wildman–Crippen MR) is 106 cm³/mol. The third-order valence-corrected chi connectivity index (χ3v) is 4.78. The van der Waals surface area contributed by atoms with Crippen molar-refractivity contribution in [3.63, 3.8) is 0 Å². The van der Waals surface area contributed by atoms with E-state index in [1.807, 2.05) is 45.0 Å². The average molecular weight is 380 g/mol. The molecule has 0 spiro atoms.